The summed E-state index contributed by atoms with van der Waals surface area (Å²) in [5, 5.41) is 15.9. The van der Waals surface area contributed by atoms with Gasteiger partial charge in [0.15, 0.2) is 5.11 Å². The Balaban J connectivity index is 1.73. The van der Waals surface area contributed by atoms with Crippen LogP contribution >= 0.6 is 12.2 Å². The first-order valence-corrected chi connectivity index (χ1v) is 9.21. The molecule has 0 unspecified atom stereocenters. The van der Waals surface area contributed by atoms with E-state index in [2.05, 4.69) is 30.6 Å². The van der Waals surface area contributed by atoms with E-state index >= 15 is 0 Å². The number of nitriles is 1. The van der Waals surface area contributed by atoms with E-state index in [1.165, 1.54) is 0 Å². The maximum absolute atomic E-state index is 8.76. The third kappa shape index (κ3) is 4.69. The van der Waals surface area contributed by atoms with E-state index in [1.807, 2.05) is 42.5 Å². The maximum Gasteiger partial charge on any atom is 0.171 e. The molecule has 1 aliphatic heterocycles. The third-order valence-electron chi connectivity index (χ3n) is 4.48. The molecule has 5 nitrogen and oxygen atoms in total. The summed E-state index contributed by atoms with van der Waals surface area (Å²) in [6, 6.07) is 15.7. The molecule has 0 radical (unpaired) electrons. The quantitative estimate of drug-likeness (QED) is 0.768. The molecule has 27 heavy (non-hydrogen) atoms. The van der Waals surface area contributed by atoms with Gasteiger partial charge in [-0.3, -0.25) is 0 Å². The zero-order valence-electron chi connectivity index (χ0n) is 15.7. The number of nitrogens with one attached hydrogen (secondary N) is 2. The van der Waals surface area contributed by atoms with E-state index in [1.54, 1.807) is 7.11 Å². The van der Waals surface area contributed by atoms with Crippen LogP contribution in [0.2, 0.25) is 0 Å². The molecule has 2 aromatic carbocycles. The first kappa shape index (κ1) is 19.0. The van der Waals surface area contributed by atoms with Crippen LogP contribution in [-0.4, -0.2) is 17.8 Å². The van der Waals surface area contributed by atoms with Gasteiger partial charge in [0.2, 0.25) is 0 Å². The van der Waals surface area contributed by atoms with Gasteiger partial charge in [0.05, 0.1) is 25.6 Å². The number of benzene rings is 2. The molecule has 6 heteroatoms. The van der Waals surface area contributed by atoms with Crippen LogP contribution in [0.5, 0.6) is 11.5 Å². The van der Waals surface area contributed by atoms with Crippen LogP contribution in [0.1, 0.15) is 37.4 Å². The average molecular weight is 382 g/mol. The summed E-state index contributed by atoms with van der Waals surface area (Å²) < 4.78 is 11.4. The molecule has 140 valence electrons. The number of nitrogens with zero attached hydrogens (tertiary/aromatic N) is 1. The van der Waals surface area contributed by atoms with Gasteiger partial charge < -0.3 is 20.1 Å². The Morgan fingerprint density at radius 3 is 2.70 bits per heavy atom. The highest BCUT2D eigenvalue weighted by Gasteiger charge is 2.34. The summed E-state index contributed by atoms with van der Waals surface area (Å²) in [6.07, 6.45) is 1.19. The molecular weight excluding hydrogens is 358 g/mol. The van der Waals surface area contributed by atoms with E-state index in [0.29, 0.717) is 11.5 Å². The van der Waals surface area contributed by atoms with E-state index in [9.17, 15) is 0 Å². The molecule has 1 atom stereocenters. The lowest BCUT2D eigenvalue weighted by atomic mass is 9.89. The smallest absolute Gasteiger partial charge is 0.171 e. The minimum Gasteiger partial charge on any atom is -0.497 e. The molecular formula is C21H23N3O2S. The molecule has 0 saturated heterocycles. The van der Waals surface area contributed by atoms with E-state index in [-0.39, 0.29) is 11.6 Å². The van der Waals surface area contributed by atoms with Gasteiger partial charge in [-0.15, -0.1) is 0 Å². The fraction of sp³-hybridized carbons (Fsp3) is 0.333. The molecule has 0 aromatic heterocycles. The van der Waals surface area contributed by atoms with Crippen molar-refractivity contribution in [1.29, 1.82) is 5.26 Å². The summed E-state index contributed by atoms with van der Waals surface area (Å²) in [5.41, 5.74) is 2.61. The molecule has 0 spiro atoms. The number of hydrogen-bond donors (Lipinski definition) is 2. The van der Waals surface area contributed by atoms with Gasteiger partial charge in [-0.1, -0.05) is 12.1 Å². The van der Waals surface area contributed by atoms with Crippen LogP contribution in [0.15, 0.2) is 42.5 Å². The van der Waals surface area contributed by atoms with Crippen LogP contribution < -0.4 is 20.1 Å². The molecule has 0 aliphatic carbocycles. The maximum atomic E-state index is 8.76. The number of anilines is 1. The summed E-state index contributed by atoms with van der Waals surface area (Å²) in [5.74, 6) is 1.58. The summed E-state index contributed by atoms with van der Waals surface area (Å²) in [4.78, 5) is 0. The Kier molecular flexibility index (Phi) is 5.52. The van der Waals surface area contributed by atoms with Crippen LogP contribution in [-0.2, 0) is 6.42 Å². The minimum atomic E-state index is -0.314. The molecule has 0 fully saturated rings. The highest BCUT2D eigenvalue weighted by Crippen LogP contribution is 2.41. The van der Waals surface area contributed by atoms with Crippen molar-refractivity contribution in [2.24, 2.45) is 0 Å². The molecule has 3 rings (SSSR count). The predicted octanol–water partition coefficient (Wildman–Crippen LogP) is 4.35. The number of methoxy groups -OCH3 is 1. The fourth-order valence-corrected chi connectivity index (χ4v) is 3.47. The number of ether oxygens (including phenoxy) is 2. The van der Waals surface area contributed by atoms with Gasteiger partial charge in [0, 0.05) is 23.7 Å². The highest BCUT2D eigenvalue weighted by molar-refractivity contribution is 7.80. The molecule has 1 heterocycles. The Labute approximate surface area is 165 Å². The first-order valence-electron chi connectivity index (χ1n) is 8.80. The van der Waals surface area contributed by atoms with Gasteiger partial charge in [0.25, 0.3) is 0 Å². The monoisotopic (exact) mass is 381 g/mol. The lowest BCUT2D eigenvalue weighted by Crippen LogP contribution is -2.42. The van der Waals surface area contributed by atoms with Crippen LogP contribution in [0, 0.1) is 11.3 Å². The lowest BCUT2D eigenvalue weighted by molar-refractivity contribution is 0.0693. The molecule has 0 saturated carbocycles. The minimum absolute atomic E-state index is 0.0347. The Morgan fingerprint density at radius 2 is 2.04 bits per heavy atom. The summed E-state index contributed by atoms with van der Waals surface area (Å²) in [6.45, 7) is 4.13. The van der Waals surface area contributed by atoms with E-state index < -0.39 is 0 Å². The zero-order valence-corrected chi connectivity index (χ0v) is 16.5. The van der Waals surface area contributed by atoms with E-state index in [0.717, 1.165) is 34.7 Å². The summed E-state index contributed by atoms with van der Waals surface area (Å²) in [7, 11) is 1.65. The second-order valence-electron chi connectivity index (χ2n) is 7.15. The zero-order chi connectivity index (χ0) is 19.4. The number of rotatable bonds is 4. The Hall–Kier alpha value is -2.78. The van der Waals surface area contributed by atoms with Crippen molar-refractivity contribution in [1.82, 2.24) is 5.32 Å². The van der Waals surface area contributed by atoms with Crippen molar-refractivity contribution in [3.63, 3.8) is 0 Å². The molecule has 2 aromatic rings. The molecule has 0 bridgehead atoms. The van der Waals surface area contributed by atoms with Gasteiger partial charge >= 0.3 is 0 Å². The van der Waals surface area contributed by atoms with Crippen molar-refractivity contribution in [2.45, 2.75) is 38.3 Å². The molecule has 2 N–H and O–H groups in total. The number of fused-ring (bicyclic) bond motifs is 1. The van der Waals surface area contributed by atoms with Crippen molar-refractivity contribution < 1.29 is 9.47 Å². The number of thiocarbonyl (C=S) groups is 1. The van der Waals surface area contributed by atoms with Gasteiger partial charge in [-0.2, -0.15) is 5.26 Å². The molecule has 1 aliphatic rings. The summed E-state index contributed by atoms with van der Waals surface area (Å²) >= 11 is 5.51. The Morgan fingerprint density at radius 1 is 1.30 bits per heavy atom. The standard InChI is InChI=1S/C21H23N3O2S/c1-21(2)13-18(17-9-8-16(25-3)12-19(17)26-21)24-20(27)23-15-6-4-14(5-7-15)10-11-22/h4-9,12,18H,10,13H2,1-3H3,(H2,23,24,27)/t18-/m0/s1. The van der Waals surface area contributed by atoms with Gasteiger partial charge in [-0.05, 0) is 55.9 Å². The first-order chi connectivity index (χ1) is 12.9. The van der Waals surface area contributed by atoms with Crippen molar-refractivity contribution >= 4 is 23.0 Å². The van der Waals surface area contributed by atoms with Crippen molar-refractivity contribution in [3.8, 4) is 17.6 Å². The largest absolute Gasteiger partial charge is 0.497 e. The average Bonchev–Trinajstić information content (AvgIpc) is 2.62. The third-order valence-corrected chi connectivity index (χ3v) is 4.70. The van der Waals surface area contributed by atoms with Crippen LogP contribution in [0.4, 0.5) is 5.69 Å². The van der Waals surface area contributed by atoms with Crippen LogP contribution in [0.25, 0.3) is 0 Å². The van der Waals surface area contributed by atoms with Gasteiger partial charge in [0.1, 0.15) is 17.1 Å². The highest BCUT2D eigenvalue weighted by atomic mass is 32.1. The second kappa shape index (κ2) is 7.85. The van der Waals surface area contributed by atoms with Crippen LogP contribution in [0.3, 0.4) is 0 Å². The second-order valence-corrected chi connectivity index (χ2v) is 7.56. The number of hydrogen-bond acceptors (Lipinski definition) is 4. The SMILES string of the molecule is COc1ccc2c(c1)OC(C)(C)C[C@@H]2NC(=S)Nc1ccc(CC#N)cc1. The Bertz CT molecular complexity index is 872. The van der Waals surface area contributed by atoms with Gasteiger partial charge in [-0.25, -0.2) is 0 Å². The lowest BCUT2D eigenvalue weighted by Gasteiger charge is -2.38. The molecule has 0 amide bonds. The predicted molar refractivity (Wildman–Crippen MR) is 110 cm³/mol. The normalized spacial score (nSPS) is 17.0. The van der Waals surface area contributed by atoms with Crippen molar-refractivity contribution in [3.05, 3.63) is 53.6 Å². The van der Waals surface area contributed by atoms with Crippen molar-refractivity contribution in [2.75, 3.05) is 12.4 Å². The van der Waals surface area contributed by atoms with E-state index in [4.69, 9.17) is 27.0 Å². The topological polar surface area (TPSA) is 66.3 Å². The fourth-order valence-electron chi connectivity index (χ4n) is 3.21.